The van der Waals surface area contributed by atoms with E-state index in [4.69, 9.17) is 4.74 Å². The highest BCUT2D eigenvalue weighted by Gasteiger charge is 2.09. The zero-order valence-electron chi connectivity index (χ0n) is 8.81. The second kappa shape index (κ2) is 5.20. The van der Waals surface area contributed by atoms with Gasteiger partial charge in [0.05, 0.1) is 0 Å². The summed E-state index contributed by atoms with van der Waals surface area (Å²) in [6, 6.07) is 9.35. The van der Waals surface area contributed by atoms with Crippen LogP contribution >= 0.6 is 0 Å². The monoisotopic (exact) mass is 206 g/mol. The van der Waals surface area contributed by atoms with E-state index < -0.39 is 12.1 Å². The average molecular weight is 206 g/mol. The fourth-order valence-electron chi connectivity index (χ4n) is 1.15. The van der Waals surface area contributed by atoms with Crippen molar-refractivity contribution in [2.75, 3.05) is 0 Å². The SMILES string of the molecule is CC(=O)OC(C)C(O)=Cc1ccccc1. The van der Waals surface area contributed by atoms with Gasteiger partial charge in [-0.2, -0.15) is 0 Å². The van der Waals surface area contributed by atoms with Gasteiger partial charge in [-0.15, -0.1) is 0 Å². The van der Waals surface area contributed by atoms with Crippen molar-refractivity contribution in [1.82, 2.24) is 0 Å². The number of esters is 1. The van der Waals surface area contributed by atoms with Gasteiger partial charge in [0.25, 0.3) is 0 Å². The highest BCUT2D eigenvalue weighted by atomic mass is 16.5. The van der Waals surface area contributed by atoms with Gasteiger partial charge in [0, 0.05) is 6.92 Å². The van der Waals surface area contributed by atoms with E-state index in [9.17, 15) is 9.90 Å². The summed E-state index contributed by atoms with van der Waals surface area (Å²) >= 11 is 0. The first-order chi connectivity index (χ1) is 7.09. The lowest BCUT2D eigenvalue weighted by Gasteiger charge is -2.10. The Morgan fingerprint density at radius 2 is 2.00 bits per heavy atom. The van der Waals surface area contributed by atoms with E-state index in [1.54, 1.807) is 13.0 Å². The van der Waals surface area contributed by atoms with Crippen LogP contribution in [-0.4, -0.2) is 17.2 Å². The molecule has 1 unspecified atom stereocenters. The maximum Gasteiger partial charge on any atom is 0.303 e. The summed E-state index contributed by atoms with van der Waals surface area (Å²) in [5, 5.41) is 9.60. The van der Waals surface area contributed by atoms with Crippen LogP contribution in [0, 0.1) is 0 Å². The van der Waals surface area contributed by atoms with Gasteiger partial charge in [0.2, 0.25) is 0 Å². The molecule has 1 N–H and O–H groups in total. The molecule has 3 nitrogen and oxygen atoms in total. The molecule has 1 atom stereocenters. The van der Waals surface area contributed by atoms with Gasteiger partial charge in [0.1, 0.15) is 5.76 Å². The highest BCUT2D eigenvalue weighted by Crippen LogP contribution is 2.09. The van der Waals surface area contributed by atoms with Crippen LogP contribution in [0.4, 0.5) is 0 Å². The molecular formula is C12H14O3. The predicted octanol–water partition coefficient (Wildman–Crippen LogP) is 2.54. The zero-order chi connectivity index (χ0) is 11.3. The second-order valence-electron chi connectivity index (χ2n) is 3.23. The van der Waals surface area contributed by atoms with Crippen LogP contribution in [0.25, 0.3) is 6.08 Å². The summed E-state index contributed by atoms with van der Waals surface area (Å²) in [7, 11) is 0. The van der Waals surface area contributed by atoms with E-state index in [1.807, 2.05) is 30.3 Å². The first-order valence-electron chi connectivity index (χ1n) is 4.72. The molecule has 1 rings (SSSR count). The van der Waals surface area contributed by atoms with Crippen molar-refractivity contribution in [3.8, 4) is 0 Å². The molecule has 0 heterocycles. The summed E-state index contributed by atoms with van der Waals surface area (Å²) in [5.41, 5.74) is 0.869. The smallest absolute Gasteiger partial charge is 0.303 e. The van der Waals surface area contributed by atoms with Crippen molar-refractivity contribution in [3.05, 3.63) is 41.7 Å². The Bertz CT molecular complexity index is 354. The van der Waals surface area contributed by atoms with Crippen LogP contribution in [0.15, 0.2) is 36.1 Å². The fourth-order valence-corrected chi connectivity index (χ4v) is 1.15. The minimum atomic E-state index is -0.609. The minimum Gasteiger partial charge on any atom is -0.508 e. The lowest BCUT2D eigenvalue weighted by Crippen LogP contribution is -2.14. The Morgan fingerprint density at radius 1 is 1.40 bits per heavy atom. The largest absolute Gasteiger partial charge is 0.508 e. The van der Waals surface area contributed by atoms with E-state index in [0.717, 1.165) is 5.56 Å². The molecule has 0 bridgehead atoms. The molecule has 0 amide bonds. The molecule has 1 aromatic carbocycles. The molecule has 3 heteroatoms. The maximum atomic E-state index is 10.7. The zero-order valence-corrected chi connectivity index (χ0v) is 8.81. The third-order valence-electron chi connectivity index (χ3n) is 1.87. The quantitative estimate of drug-likeness (QED) is 0.610. The molecule has 0 saturated heterocycles. The predicted molar refractivity (Wildman–Crippen MR) is 58.3 cm³/mol. The maximum absolute atomic E-state index is 10.7. The molecule has 0 aromatic heterocycles. The molecule has 0 spiro atoms. The van der Waals surface area contributed by atoms with Crippen LogP contribution in [0.1, 0.15) is 19.4 Å². The van der Waals surface area contributed by atoms with Crippen LogP contribution < -0.4 is 0 Å². The number of rotatable bonds is 3. The first-order valence-corrected chi connectivity index (χ1v) is 4.72. The van der Waals surface area contributed by atoms with Crippen LogP contribution in [0.5, 0.6) is 0 Å². The Kier molecular flexibility index (Phi) is 3.92. The number of hydrogen-bond acceptors (Lipinski definition) is 3. The number of aliphatic hydroxyl groups is 1. The van der Waals surface area contributed by atoms with E-state index in [2.05, 4.69) is 0 Å². The van der Waals surface area contributed by atoms with Gasteiger partial charge in [-0.25, -0.2) is 0 Å². The van der Waals surface area contributed by atoms with Crippen molar-refractivity contribution in [1.29, 1.82) is 0 Å². The number of hydrogen-bond donors (Lipinski definition) is 1. The van der Waals surface area contributed by atoms with E-state index in [0.29, 0.717) is 0 Å². The second-order valence-corrected chi connectivity index (χ2v) is 3.23. The average Bonchev–Trinajstić information content (AvgIpc) is 2.18. The summed E-state index contributed by atoms with van der Waals surface area (Å²) in [4.78, 5) is 10.7. The number of benzene rings is 1. The summed E-state index contributed by atoms with van der Waals surface area (Å²) < 4.78 is 4.83. The number of aliphatic hydroxyl groups excluding tert-OH is 1. The molecule has 0 radical (unpaired) electrons. The number of carbonyl (C=O) groups is 1. The molecule has 0 aliphatic heterocycles. The lowest BCUT2D eigenvalue weighted by molar-refractivity contribution is -0.144. The number of ether oxygens (including phenoxy) is 1. The van der Waals surface area contributed by atoms with Gasteiger partial charge in [-0.05, 0) is 18.6 Å². The summed E-state index contributed by atoms with van der Waals surface area (Å²) in [6.45, 7) is 2.93. The van der Waals surface area contributed by atoms with Crippen molar-refractivity contribution >= 4 is 12.0 Å². The van der Waals surface area contributed by atoms with Gasteiger partial charge in [-0.1, -0.05) is 30.3 Å². The van der Waals surface area contributed by atoms with Crippen LogP contribution in [0.2, 0.25) is 0 Å². The number of carbonyl (C=O) groups excluding carboxylic acids is 1. The molecule has 0 fully saturated rings. The minimum absolute atomic E-state index is 0.0383. The first kappa shape index (κ1) is 11.3. The lowest BCUT2D eigenvalue weighted by atomic mass is 10.2. The Balaban J connectivity index is 2.71. The third kappa shape index (κ3) is 3.85. The van der Waals surface area contributed by atoms with E-state index in [1.165, 1.54) is 6.92 Å². The van der Waals surface area contributed by atoms with Crippen molar-refractivity contribution < 1.29 is 14.6 Å². The van der Waals surface area contributed by atoms with E-state index in [-0.39, 0.29) is 5.76 Å². The fraction of sp³-hybridized carbons (Fsp3) is 0.250. The molecule has 1 aromatic rings. The van der Waals surface area contributed by atoms with Gasteiger partial charge < -0.3 is 9.84 Å². The van der Waals surface area contributed by atoms with Gasteiger partial charge >= 0.3 is 5.97 Å². The summed E-state index contributed by atoms with van der Waals surface area (Å²) in [5.74, 6) is -0.369. The molecule has 80 valence electrons. The molecule has 0 aliphatic carbocycles. The van der Waals surface area contributed by atoms with Crippen molar-refractivity contribution in [2.24, 2.45) is 0 Å². The Labute approximate surface area is 89.0 Å². The molecule has 0 saturated carbocycles. The van der Waals surface area contributed by atoms with E-state index >= 15 is 0 Å². The van der Waals surface area contributed by atoms with Crippen molar-refractivity contribution in [2.45, 2.75) is 20.0 Å². The molecule has 15 heavy (non-hydrogen) atoms. The Morgan fingerprint density at radius 3 is 2.53 bits per heavy atom. The topological polar surface area (TPSA) is 46.5 Å². The van der Waals surface area contributed by atoms with Gasteiger partial charge in [-0.3, -0.25) is 4.79 Å². The van der Waals surface area contributed by atoms with Crippen LogP contribution in [-0.2, 0) is 9.53 Å². The molecular weight excluding hydrogens is 192 g/mol. The normalized spacial score (nSPS) is 13.3. The molecule has 0 aliphatic rings. The van der Waals surface area contributed by atoms with Gasteiger partial charge in [0.15, 0.2) is 6.10 Å². The standard InChI is InChI=1S/C12H14O3/c1-9(15-10(2)13)12(14)8-11-6-4-3-5-7-11/h3-9,14H,1-2H3. The van der Waals surface area contributed by atoms with Crippen molar-refractivity contribution in [3.63, 3.8) is 0 Å². The third-order valence-corrected chi connectivity index (χ3v) is 1.87. The Hall–Kier alpha value is -1.77. The highest BCUT2D eigenvalue weighted by molar-refractivity contribution is 5.66. The van der Waals surface area contributed by atoms with Crippen LogP contribution in [0.3, 0.4) is 0 Å². The summed E-state index contributed by atoms with van der Waals surface area (Å²) in [6.07, 6.45) is 0.968.